The van der Waals surface area contributed by atoms with E-state index in [2.05, 4.69) is 35.4 Å². The molecule has 174 valence electrons. The van der Waals surface area contributed by atoms with Crippen molar-refractivity contribution in [1.82, 2.24) is 29.7 Å². The normalized spacial score (nSPS) is 18.0. The van der Waals surface area contributed by atoms with Crippen LogP contribution >= 0.6 is 0 Å². The van der Waals surface area contributed by atoms with Crippen LogP contribution in [0, 0.1) is 11.7 Å². The first-order chi connectivity index (χ1) is 16.1. The van der Waals surface area contributed by atoms with Crippen molar-refractivity contribution in [2.45, 2.75) is 12.8 Å². The van der Waals surface area contributed by atoms with E-state index in [9.17, 15) is 9.18 Å². The van der Waals surface area contributed by atoms with Gasteiger partial charge in [0.25, 0.3) is 5.91 Å². The van der Waals surface area contributed by atoms with Crippen LogP contribution in [0.3, 0.4) is 0 Å². The van der Waals surface area contributed by atoms with Gasteiger partial charge in [-0.2, -0.15) is 10.2 Å². The summed E-state index contributed by atoms with van der Waals surface area (Å²) >= 11 is 0. The minimum atomic E-state index is -0.574. The number of carbonyl (C=O) groups is 1. The molecular formula is C21H26FN9O2. The lowest BCUT2D eigenvalue weighted by molar-refractivity contribution is 0.0289. The number of hydrogen-bond donors (Lipinski definition) is 2. The van der Waals surface area contributed by atoms with Crippen molar-refractivity contribution in [3.05, 3.63) is 36.2 Å². The summed E-state index contributed by atoms with van der Waals surface area (Å²) in [7, 11) is 0. The van der Waals surface area contributed by atoms with Gasteiger partial charge in [0, 0.05) is 32.7 Å². The predicted octanol–water partition coefficient (Wildman–Crippen LogP) is 1.04. The van der Waals surface area contributed by atoms with Crippen LogP contribution < -0.4 is 16.0 Å². The van der Waals surface area contributed by atoms with Gasteiger partial charge in [-0.3, -0.25) is 9.69 Å². The van der Waals surface area contributed by atoms with Crippen LogP contribution in [-0.4, -0.2) is 81.5 Å². The molecule has 0 atom stereocenters. The quantitative estimate of drug-likeness (QED) is 0.580. The van der Waals surface area contributed by atoms with Crippen LogP contribution in [0.15, 0.2) is 24.8 Å². The Kier molecular flexibility index (Phi) is 6.01. The highest BCUT2D eigenvalue weighted by Gasteiger charge is 2.26. The maximum absolute atomic E-state index is 13.4. The minimum Gasteiger partial charge on any atom is -0.381 e. The SMILES string of the molecule is Nc1nn2cc(F)cnc2c1C(=O)Nc1cnncc1N1CCC(CN2CCOCC2)CC1. The van der Waals surface area contributed by atoms with Crippen LogP contribution in [-0.2, 0) is 4.74 Å². The van der Waals surface area contributed by atoms with Crippen molar-refractivity contribution in [2.24, 2.45) is 5.92 Å². The maximum Gasteiger partial charge on any atom is 0.263 e. The van der Waals surface area contributed by atoms with Gasteiger partial charge in [-0.05, 0) is 18.8 Å². The van der Waals surface area contributed by atoms with Crippen molar-refractivity contribution in [3.8, 4) is 0 Å². The molecule has 2 saturated heterocycles. The number of halogens is 1. The number of nitrogens with zero attached hydrogens (tertiary/aromatic N) is 7. The summed E-state index contributed by atoms with van der Waals surface area (Å²) in [6.07, 6.45) is 7.43. The number of amides is 1. The number of piperidine rings is 1. The topological polar surface area (TPSA) is 127 Å². The molecule has 33 heavy (non-hydrogen) atoms. The first-order valence-corrected chi connectivity index (χ1v) is 11.0. The van der Waals surface area contributed by atoms with E-state index in [1.54, 1.807) is 6.20 Å². The molecule has 5 heterocycles. The molecule has 0 spiro atoms. The molecule has 3 aromatic rings. The Hall–Kier alpha value is -3.38. The summed E-state index contributed by atoms with van der Waals surface area (Å²) in [4.78, 5) is 21.7. The smallest absolute Gasteiger partial charge is 0.263 e. The van der Waals surface area contributed by atoms with Gasteiger partial charge < -0.3 is 20.7 Å². The number of carbonyl (C=O) groups excluding carboxylic acids is 1. The standard InChI is InChI=1S/C21H26FN9O2/c22-15-9-24-20-18(19(23)28-31(20)13-15)21(32)27-16-10-25-26-11-17(16)30-3-1-14(2-4-30)12-29-5-7-33-8-6-29/h9-11,13-14H,1-8,12H2,(H2,23,28)(H,26,27,32). The highest BCUT2D eigenvalue weighted by molar-refractivity contribution is 6.12. The fraction of sp³-hybridized carbons (Fsp3) is 0.476. The largest absolute Gasteiger partial charge is 0.381 e. The fourth-order valence-corrected chi connectivity index (χ4v) is 4.50. The second-order valence-electron chi connectivity index (χ2n) is 8.39. The number of anilines is 3. The molecule has 12 heteroatoms. The average Bonchev–Trinajstić information content (AvgIpc) is 3.15. The zero-order valence-electron chi connectivity index (χ0n) is 18.2. The van der Waals surface area contributed by atoms with Gasteiger partial charge in [0.2, 0.25) is 0 Å². The van der Waals surface area contributed by atoms with Crippen molar-refractivity contribution >= 4 is 28.7 Å². The number of hydrogen-bond acceptors (Lipinski definition) is 9. The molecule has 0 saturated carbocycles. The number of nitrogens with two attached hydrogens (primary N) is 1. The molecule has 0 aliphatic carbocycles. The summed E-state index contributed by atoms with van der Waals surface area (Å²) < 4.78 is 20.0. The molecular weight excluding hydrogens is 429 g/mol. The van der Waals surface area contributed by atoms with Crippen LogP contribution in [0.5, 0.6) is 0 Å². The van der Waals surface area contributed by atoms with Crippen LogP contribution in [0.25, 0.3) is 5.65 Å². The van der Waals surface area contributed by atoms with Crippen LogP contribution in [0.1, 0.15) is 23.2 Å². The highest BCUT2D eigenvalue weighted by Crippen LogP contribution is 2.30. The monoisotopic (exact) mass is 455 g/mol. The number of nitrogens with one attached hydrogen (secondary N) is 1. The van der Waals surface area contributed by atoms with Crippen molar-refractivity contribution in [2.75, 3.05) is 61.9 Å². The van der Waals surface area contributed by atoms with Gasteiger partial charge in [0.05, 0.1) is 49.4 Å². The van der Waals surface area contributed by atoms with Crippen molar-refractivity contribution in [3.63, 3.8) is 0 Å². The Morgan fingerprint density at radius 3 is 2.70 bits per heavy atom. The van der Waals surface area contributed by atoms with Gasteiger partial charge >= 0.3 is 0 Å². The van der Waals surface area contributed by atoms with Gasteiger partial charge in [-0.25, -0.2) is 13.9 Å². The Bertz CT molecular complexity index is 1140. The fourth-order valence-electron chi connectivity index (χ4n) is 4.50. The maximum atomic E-state index is 13.4. The number of ether oxygens (including phenoxy) is 1. The number of morpholine rings is 1. The summed E-state index contributed by atoms with van der Waals surface area (Å²) in [6, 6.07) is 0. The Balaban J connectivity index is 1.28. The first kappa shape index (κ1) is 21.5. The Morgan fingerprint density at radius 2 is 1.91 bits per heavy atom. The van der Waals surface area contributed by atoms with Crippen molar-refractivity contribution in [1.29, 1.82) is 0 Å². The zero-order chi connectivity index (χ0) is 22.8. The molecule has 0 unspecified atom stereocenters. The average molecular weight is 455 g/mol. The van der Waals surface area contributed by atoms with E-state index < -0.39 is 11.7 Å². The minimum absolute atomic E-state index is 0.0295. The molecule has 3 aromatic heterocycles. The summed E-state index contributed by atoms with van der Waals surface area (Å²) in [5, 5.41) is 14.8. The van der Waals surface area contributed by atoms with Gasteiger partial charge in [-0.15, -0.1) is 5.10 Å². The summed E-state index contributed by atoms with van der Waals surface area (Å²) in [6.45, 7) is 6.44. The van der Waals surface area contributed by atoms with E-state index in [0.717, 1.165) is 81.4 Å². The van der Waals surface area contributed by atoms with Gasteiger partial charge in [0.1, 0.15) is 5.56 Å². The number of nitrogen functional groups attached to an aromatic ring is 1. The third-order valence-corrected chi connectivity index (χ3v) is 6.23. The third-order valence-electron chi connectivity index (χ3n) is 6.23. The molecule has 1 amide bonds. The lowest BCUT2D eigenvalue weighted by Gasteiger charge is -2.37. The zero-order valence-corrected chi connectivity index (χ0v) is 18.2. The molecule has 5 rings (SSSR count). The number of aromatic nitrogens is 5. The molecule has 0 aromatic carbocycles. The lowest BCUT2D eigenvalue weighted by Crippen LogP contribution is -2.43. The van der Waals surface area contributed by atoms with Gasteiger partial charge in [-0.1, -0.05) is 0 Å². The van der Waals surface area contributed by atoms with Crippen LogP contribution in [0.4, 0.5) is 21.6 Å². The third kappa shape index (κ3) is 4.57. The van der Waals surface area contributed by atoms with E-state index in [0.29, 0.717) is 11.6 Å². The highest BCUT2D eigenvalue weighted by atomic mass is 19.1. The molecule has 3 N–H and O–H groups in total. The van der Waals surface area contributed by atoms with Crippen LogP contribution in [0.2, 0.25) is 0 Å². The van der Waals surface area contributed by atoms with E-state index in [1.807, 2.05) is 0 Å². The Morgan fingerprint density at radius 1 is 1.15 bits per heavy atom. The number of rotatable bonds is 5. The van der Waals surface area contributed by atoms with E-state index >= 15 is 0 Å². The first-order valence-electron chi connectivity index (χ1n) is 11.0. The van der Waals surface area contributed by atoms with Gasteiger partial charge in [0.15, 0.2) is 17.3 Å². The lowest BCUT2D eigenvalue weighted by atomic mass is 9.95. The van der Waals surface area contributed by atoms with Crippen molar-refractivity contribution < 1.29 is 13.9 Å². The summed E-state index contributed by atoms with van der Waals surface area (Å²) in [5.41, 5.74) is 7.52. The van der Waals surface area contributed by atoms with E-state index in [4.69, 9.17) is 10.5 Å². The van der Waals surface area contributed by atoms with E-state index in [-0.39, 0.29) is 17.0 Å². The Labute approximate surface area is 189 Å². The molecule has 2 fully saturated rings. The van der Waals surface area contributed by atoms with E-state index in [1.165, 1.54) is 6.20 Å². The molecule has 2 aliphatic heterocycles. The number of fused-ring (bicyclic) bond motifs is 1. The molecule has 11 nitrogen and oxygen atoms in total. The predicted molar refractivity (Wildman–Crippen MR) is 120 cm³/mol. The molecule has 2 aliphatic rings. The summed E-state index contributed by atoms with van der Waals surface area (Å²) in [5.74, 6) is -0.456. The second kappa shape index (κ2) is 9.24. The second-order valence-corrected chi connectivity index (χ2v) is 8.39. The molecule has 0 radical (unpaired) electrons. The molecule has 0 bridgehead atoms.